The summed E-state index contributed by atoms with van der Waals surface area (Å²) in [6, 6.07) is 0. The Hall–Kier alpha value is -0.730. The van der Waals surface area contributed by atoms with Gasteiger partial charge < -0.3 is 9.64 Å². The summed E-state index contributed by atoms with van der Waals surface area (Å²) in [4.78, 5) is 12.7. The molecule has 1 aliphatic rings. The third kappa shape index (κ3) is 2.40. The molecule has 0 atom stereocenters. The Morgan fingerprint density at radius 1 is 1.58 bits per heavy atom. The van der Waals surface area contributed by atoms with Crippen molar-refractivity contribution in [1.29, 1.82) is 0 Å². The number of ether oxygens (including phenoxy) is 1. The molecule has 0 unspecified atom stereocenters. The van der Waals surface area contributed by atoms with E-state index in [4.69, 9.17) is 4.74 Å². The molecule has 0 saturated heterocycles. The van der Waals surface area contributed by atoms with E-state index in [0.717, 1.165) is 0 Å². The van der Waals surface area contributed by atoms with Crippen LogP contribution >= 0.6 is 0 Å². The van der Waals surface area contributed by atoms with Crippen molar-refractivity contribution in [3.8, 4) is 0 Å². The Bertz CT molecular complexity index is 155. The van der Waals surface area contributed by atoms with Gasteiger partial charge in [-0.15, -0.1) is 0 Å². The van der Waals surface area contributed by atoms with Gasteiger partial charge in [0.2, 0.25) is 0 Å². The molecule has 0 heterocycles. The van der Waals surface area contributed by atoms with Crippen molar-refractivity contribution in [1.82, 2.24) is 4.90 Å². The van der Waals surface area contributed by atoms with Crippen LogP contribution in [0.25, 0.3) is 0 Å². The van der Waals surface area contributed by atoms with Gasteiger partial charge in [-0.3, -0.25) is 0 Å². The Morgan fingerprint density at radius 3 is 2.67 bits per heavy atom. The first-order valence-corrected chi connectivity index (χ1v) is 4.62. The van der Waals surface area contributed by atoms with E-state index in [9.17, 15) is 4.79 Å². The summed E-state index contributed by atoms with van der Waals surface area (Å²) in [5.74, 6) is 0.638. The molecule has 1 aliphatic carbocycles. The molecular formula is C9H17NO2. The lowest BCUT2D eigenvalue weighted by molar-refractivity contribution is 0.0792. The van der Waals surface area contributed by atoms with Gasteiger partial charge in [-0.1, -0.05) is 6.42 Å². The van der Waals surface area contributed by atoms with Gasteiger partial charge in [-0.05, 0) is 25.7 Å². The smallest absolute Gasteiger partial charge is 0.409 e. The summed E-state index contributed by atoms with van der Waals surface area (Å²) in [6.45, 7) is 3.26. The molecule has 3 heteroatoms. The third-order valence-corrected chi connectivity index (χ3v) is 2.45. The maximum Gasteiger partial charge on any atom is 0.409 e. The molecule has 0 spiro atoms. The van der Waals surface area contributed by atoms with Crippen LogP contribution in [0.1, 0.15) is 26.2 Å². The zero-order valence-corrected chi connectivity index (χ0v) is 7.88. The second-order valence-electron chi connectivity index (χ2n) is 3.39. The van der Waals surface area contributed by atoms with E-state index < -0.39 is 0 Å². The van der Waals surface area contributed by atoms with Gasteiger partial charge in [0.25, 0.3) is 0 Å². The van der Waals surface area contributed by atoms with Crippen molar-refractivity contribution in [3.05, 3.63) is 0 Å². The molecule has 70 valence electrons. The SMILES string of the molecule is CCN(C)C(=O)OCC1CCC1. The molecule has 1 amide bonds. The first kappa shape index (κ1) is 9.36. The largest absolute Gasteiger partial charge is 0.449 e. The molecule has 0 aromatic carbocycles. The molecule has 12 heavy (non-hydrogen) atoms. The summed E-state index contributed by atoms with van der Waals surface area (Å²) < 4.78 is 5.09. The lowest BCUT2D eigenvalue weighted by atomic mass is 9.86. The minimum Gasteiger partial charge on any atom is -0.449 e. The maximum atomic E-state index is 11.1. The lowest BCUT2D eigenvalue weighted by Crippen LogP contribution is -2.30. The predicted octanol–water partition coefficient (Wildman–Crippen LogP) is 1.87. The van der Waals surface area contributed by atoms with Gasteiger partial charge >= 0.3 is 6.09 Å². The average molecular weight is 171 g/mol. The standard InChI is InChI=1S/C9H17NO2/c1-3-10(2)9(11)12-7-8-5-4-6-8/h8H,3-7H2,1-2H3. The van der Waals surface area contributed by atoms with Crippen LogP contribution in [0.5, 0.6) is 0 Å². The van der Waals surface area contributed by atoms with Crippen LogP contribution in [0.15, 0.2) is 0 Å². The highest BCUT2D eigenvalue weighted by molar-refractivity contribution is 5.67. The van der Waals surface area contributed by atoms with Crippen molar-refractivity contribution in [3.63, 3.8) is 0 Å². The Labute approximate surface area is 73.7 Å². The average Bonchev–Trinajstić information content (AvgIpc) is 2.00. The molecule has 3 nitrogen and oxygen atoms in total. The second kappa shape index (κ2) is 4.33. The monoisotopic (exact) mass is 171 g/mol. The zero-order valence-electron chi connectivity index (χ0n) is 7.88. The van der Waals surface area contributed by atoms with Crippen LogP contribution in [0.2, 0.25) is 0 Å². The molecule has 0 aromatic heterocycles. The molecule has 0 bridgehead atoms. The fourth-order valence-corrected chi connectivity index (χ4v) is 1.09. The molecule has 1 rings (SSSR count). The number of hydrogen-bond acceptors (Lipinski definition) is 2. The van der Waals surface area contributed by atoms with Crippen LogP contribution in [-0.2, 0) is 4.74 Å². The zero-order chi connectivity index (χ0) is 8.97. The summed E-state index contributed by atoms with van der Waals surface area (Å²) in [5, 5.41) is 0. The van der Waals surface area contributed by atoms with Crippen LogP contribution in [-0.4, -0.2) is 31.2 Å². The summed E-state index contributed by atoms with van der Waals surface area (Å²) in [5.41, 5.74) is 0. The number of rotatable bonds is 3. The molecule has 1 saturated carbocycles. The van der Waals surface area contributed by atoms with E-state index in [-0.39, 0.29) is 6.09 Å². The molecular weight excluding hydrogens is 154 g/mol. The highest BCUT2D eigenvalue weighted by Crippen LogP contribution is 2.26. The molecule has 0 N–H and O–H groups in total. The Morgan fingerprint density at radius 2 is 2.25 bits per heavy atom. The van der Waals surface area contributed by atoms with Gasteiger partial charge in [-0.25, -0.2) is 4.79 Å². The highest BCUT2D eigenvalue weighted by Gasteiger charge is 2.19. The minimum atomic E-state index is -0.190. The number of carbonyl (C=O) groups excluding carboxylic acids is 1. The third-order valence-electron chi connectivity index (χ3n) is 2.45. The number of carbonyl (C=O) groups is 1. The van der Waals surface area contributed by atoms with E-state index in [0.29, 0.717) is 19.1 Å². The van der Waals surface area contributed by atoms with Crippen molar-refractivity contribution in [2.24, 2.45) is 5.92 Å². The van der Waals surface area contributed by atoms with Crippen molar-refractivity contribution >= 4 is 6.09 Å². The first-order valence-electron chi connectivity index (χ1n) is 4.62. The van der Waals surface area contributed by atoms with E-state index >= 15 is 0 Å². The van der Waals surface area contributed by atoms with E-state index in [1.165, 1.54) is 19.3 Å². The topological polar surface area (TPSA) is 29.5 Å². The summed E-state index contributed by atoms with van der Waals surface area (Å²) >= 11 is 0. The maximum absolute atomic E-state index is 11.1. The fourth-order valence-electron chi connectivity index (χ4n) is 1.09. The highest BCUT2D eigenvalue weighted by atomic mass is 16.6. The first-order chi connectivity index (χ1) is 5.74. The van der Waals surface area contributed by atoms with Crippen molar-refractivity contribution in [2.45, 2.75) is 26.2 Å². The molecule has 0 radical (unpaired) electrons. The van der Waals surface area contributed by atoms with Crippen LogP contribution < -0.4 is 0 Å². The summed E-state index contributed by atoms with van der Waals surface area (Å²) in [7, 11) is 1.75. The predicted molar refractivity (Wildman–Crippen MR) is 47.0 cm³/mol. The minimum absolute atomic E-state index is 0.190. The summed E-state index contributed by atoms with van der Waals surface area (Å²) in [6.07, 6.45) is 3.56. The van der Waals surface area contributed by atoms with E-state index in [1.54, 1.807) is 11.9 Å². The van der Waals surface area contributed by atoms with E-state index in [2.05, 4.69) is 0 Å². The molecule has 0 aromatic rings. The van der Waals surface area contributed by atoms with Gasteiger partial charge in [0, 0.05) is 13.6 Å². The van der Waals surface area contributed by atoms with Crippen LogP contribution in [0.3, 0.4) is 0 Å². The quantitative estimate of drug-likeness (QED) is 0.648. The lowest BCUT2D eigenvalue weighted by Gasteiger charge is -2.25. The van der Waals surface area contributed by atoms with Gasteiger partial charge in [0.1, 0.15) is 0 Å². The Kier molecular flexibility index (Phi) is 3.38. The van der Waals surface area contributed by atoms with Crippen molar-refractivity contribution < 1.29 is 9.53 Å². The molecule has 1 fully saturated rings. The fraction of sp³-hybridized carbons (Fsp3) is 0.889. The normalized spacial score (nSPS) is 16.8. The number of amides is 1. The number of hydrogen-bond donors (Lipinski definition) is 0. The van der Waals surface area contributed by atoms with Gasteiger partial charge in [0.15, 0.2) is 0 Å². The van der Waals surface area contributed by atoms with Crippen LogP contribution in [0.4, 0.5) is 4.79 Å². The van der Waals surface area contributed by atoms with Gasteiger partial charge in [0.05, 0.1) is 6.61 Å². The number of nitrogens with zero attached hydrogens (tertiary/aromatic N) is 1. The second-order valence-corrected chi connectivity index (χ2v) is 3.39. The van der Waals surface area contributed by atoms with Crippen LogP contribution in [0, 0.1) is 5.92 Å². The van der Waals surface area contributed by atoms with Crippen molar-refractivity contribution in [2.75, 3.05) is 20.2 Å². The van der Waals surface area contributed by atoms with E-state index in [1.807, 2.05) is 6.92 Å². The Balaban J connectivity index is 2.08. The molecule has 0 aliphatic heterocycles. The van der Waals surface area contributed by atoms with Gasteiger partial charge in [-0.2, -0.15) is 0 Å².